The monoisotopic (exact) mass is 397 g/mol. The molecule has 0 aliphatic carbocycles. The van der Waals surface area contributed by atoms with Gasteiger partial charge < -0.3 is 19.3 Å². The highest BCUT2D eigenvalue weighted by Crippen LogP contribution is 2.36. The lowest BCUT2D eigenvalue weighted by Gasteiger charge is -2.16. The predicted molar refractivity (Wildman–Crippen MR) is 104 cm³/mol. The second kappa shape index (κ2) is 5.99. The molecule has 146 valence electrons. The molecule has 2 aromatic heterocycles. The fourth-order valence-corrected chi connectivity index (χ4v) is 3.87. The van der Waals surface area contributed by atoms with Crippen LogP contribution >= 0.6 is 0 Å². The number of esters is 1. The largest absolute Gasteiger partial charge is 0.508 e. The maximum Gasteiger partial charge on any atom is 0.380 e. The normalized spacial score (nSPS) is 18.7. The first-order valence-electron chi connectivity index (χ1n) is 11.7. The quantitative estimate of drug-likeness (QED) is 0.403. The zero-order chi connectivity index (χ0) is 25.4. The van der Waals surface area contributed by atoms with Gasteiger partial charge in [-0.25, -0.2) is 9.78 Å². The molecule has 2 aliphatic rings. The number of pyridine rings is 2. The van der Waals surface area contributed by atoms with Crippen LogP contribution in [0.2, 0.25) is 0 Å². The van der Waals surface area contributed by atoms with Gasteiger partial charge in [0.25, 0.3) is 11.3 Å². The molecule has 0 saturated carbocycles. The van der Waals surface area contributed by atoms with Crippen molar-refractivity contribution in [3.63, 3.8) is 0 Å². The molecule has 8 nitrogen and oxygen atoms in total. The number of phenols is 1. The fourth-order valence-electron chi connectivity index (χ4n) is 3.87. The lowest BCUT2D eigenvalue weighted by Crippen LogP contribution is -2.33. The van der Waals surface area contributed by atoms with Crippen LogP contribution in [-0.2, 0) is 29.2 Å². The molecule has 0 saturated heterocycles. The van der Waals surface area contributed by atoms with E-state index in [4.69, 9.17) is 13.0 Å². The summed E-state index contributed by atoms with van der Waals surface area (Å²) >= 11 is 0. The number of carbonyl (C=O) groups excluding carboxylic acids is 2. The Morgan fingerprint density at radius 2 is 2.10 bits per heavy atom. The van der Waals surface area contributed by atoms with Crippen molar-refractivity contribution < 1.29 is 27.7 Å². The van der Waals surface area contributed by atoms with Crippen molar-refractivity contribution in [2.24, 2.45) is 0 Å². The van der Waals surface area contributed by atoms with Crippen molar-refractivity contribution in [3.05, 3.63) is 56.9 Å². The molecule has 0 bridgehead atoms. The molecule has 0 atom stereocenters. The molecule has 0 fully saturated rings. The molecule has 0 radical (unpaired) electrons. The molecule has 0 unspecified atom stereocenters. The maximum atomic E-state index is 13.0. The summed E-state index contributed by atoms with van der Waals surface area (Å²) in [7, 11) is 0. The number of aromatic nitrogens is 2. The van der Waals surface area contributed by atoms with Gasteiger partial charge in [0.2, 0.25) is 0 Å². The van der Waals surface area contributed by atoms with Crippen molar-refractivity contribution in [1.82, 2.24) is 14.5 Å². The summed E-state index contributed by atoms with van der Waals surface area (Å²) in [6.07, 6.45) is 0. The van der Waals surface area contributed by atoms with Crippen molar-refractivity contribution in [2.75, 3.05) is 14.0 Å². The van der Waals surface area contributed by atoms with Gasteiger partial charge in [0.15, 0.2) is 0 Å². The first kappa shape index (κ1) is 12.1. The number of ketones is 1. The van der Waals surface area contributed by atoms with Crippen LogP contribution in [-0.4, -0.2) is 45.3 Å². The highest BCUT2D eigenvalue weighted by atomic mass is 16.5. The maximum absolute atomic E-state index is 13.0. The number of nitrogens with zero attached hydrogens (tertiary/aromatic N) is 3. The Labute approximate surface area is 173 Å². The molecule has 0 amide bonds. The number of carbonyl (C=O) groups is 2. The lowest BCUT2D eigenvalue weighted by molar-refractivity contribution is -0.140. The first-order valence-corrected chi connectivity index (χ1v) is 8.68. The molecule has 0 spiro atoms. The number of hydrogen-bond donors (Lipinski definition) is 1. The highest BCUT2D eigenvalue weighted by Gasteiger charge is 2.33. The Hall–Kier alpha value is -3.52. The SMILES string of the molecule is [2H]C([2H])([2H])N(Cc1c(O)ccc2nc3c(cc12)Cn1c-3cc2c(c1=O)COC(=O)C2=O)C([2H])([2H])[2H]. The summed E-state index contributed by atoms with van der Waals surface area (Å²) in [6.45, 7) is -6.77. The van der Waals surface area contributed by atoms with Crippen LogP contribution in [0, 0.1) is 0 Å². The van der Waals surface area contributed by atoms with Gasteiger partial charge >= 0.3 is 5.97 Å². The summed E-state index contributed by atoms with van der Waals surface area (Å²) in [6, 6.07) is 5.79. The third-order valence-corrected chi connectivity index (χ3v) is 5.23. The van der Waals surface area contributed by atoms with Crippen molar-refractivity contribution in [2.45, 2.75) is 19.7 Å². The van der Waals surface area contributed by atoms with Gasteiger partial charge in [0, 0.05) is 36.8 Å². The second-order valence-electron chi connectivity index (χ2n) is 6.93. The minimum Gasteiger partial charge on any atom is -0.508 e. The Bertz CT molecular complexity index is 1490. The number of Topliss-reactive ketones (excluding diaryl/α,β-unsaturated/α-hetero) is 1. The van der Waals surface area contributed by atoms with Crippen LogP contribution in [0.15, 0.2) is 29.1 Å². The van der Waals surface area contributed by atoms with Gasteiger partial charge in [-0.15, -0.1) is 0 Å². The molecule has 2 aliphatic heterocycles. The number of hydrogen-bond acceptors (Lipinski definition) is 7. The summed E-state index contributed by atoms with van der Waals surface area (Å²) < 4.78 is 51.9. The van der Waals surface area contributed by atoms with E-state index in [2.05, 4.69) is 4.98 Å². The van der Waals surface area contributed by atoms with Crippen LogP contribution in [0.3, 0.4) is 0 Å². The van der Waals surface area contributed by atoms with Crippen molar-refractivity contribution in [3.8, 4) is 17.1 Å². The van der Waals surface area contributed by atoms with E-state index in [0.29, 0.717) is 32.8 Å². The van der Waals surface area contributed by atoms with Gasteiger partial charge in [-0.2, -0.15) is 0 Å². The van der Waals surface area contributed by atoms with E-state index in [0.717, 1.165) is 0 Å². The van der Waals surface area contributed by atoms with Crippen molar-refractivity contribution >= 4 is 22.7 Å². The van der Waals surface area contributed by atoms with E-state index in [9.17, 15) is 19.5 Å². The molecule has 1 aromatic carbocycles. The number of aromatic hydroxyl groups is 1. The van der Waals surface area contributed by atoms with Crippen LogP contribution in [0.25, 0.3) is 22.3 Å². The number of benzene rings is 1. The molecule has 1 N–H and O–H groups in total. The van der Waals surface area contributed by atoms with Gasteiger partial charge in [0.05, 0.1) is 29.0 Å². The number of phenolic OH excluding ortho intramolecular Hbond substituents is 1. The van der Waals surface area contributed by atoms with E-state index in [1.807, 2.05) is 0 Å². The van der Waals surface area contributed by atoms with Crippen LogP contribution in [0.4, 0.5) is 0 Å². The first-order chi connectivity index (χ1) is 16.3. The smallest absolute Gasteiger partial charge is 0.380 e. The molecule has 5 rings (SSSR count). The topological polar surface area (TPSA) is 102 Å². The third-order valence-electron chi connectivity index (χ3n) is 5.23. The van der Waals surface area contributed by atoms with Crippen LogP contribution < -0.4 is 5.56 Å². The summed E-state index contributed by atoms with van der Waals surface area (Å²) in [4.78, 5) is 41.9. The zero-order valence-corrected chi connectivity index (χ0v) is 14.9. The minimum atomic E-state index is -2.96. The lowest BCUT2D eigenvalue weighted by atomic mass is 10.0. The van der Waals surface area contributed by atoms with Crippen LogP contribution in [0.1, 0.15) is 35.3 Å². The van der Waals surface area contributed by atoms with Crippen LogP contribution in [0.5, 0.6) is 5.75 Å². The Balaban J connectivity index is 1.67. The molecule has 3 aromatic rings. The standard InChI is InChI=1S/C21H17N3O5/c1-23(2)8-13-11-5-10-7-24-16(18(10)22-15(11)3-4-17(13)25)6-12-14(20(24)27)9-29-21(28)19(12)26/h3-6,25H,7-9H2,1-2H3/i1D3,2D3. The zero-order valence-electron chi connectivity index (χ0n) is 20.9. The molecule has 4 heterocycles. The molecular weight excluding hydrogens is 374 g/mol. The number of rotatable bonds is 2. The highest BCUT2D eigenvalue weighted by molar-refractivity contribution is 6.41. The van der Waals surface area contributed by atoms with Gasteiger partial charge in [-0.1, -0.05) is 0 Å². The Morgan fingerprint density at radius 1 is 1.28 bits per heavy atom. The number of fused-ring (bicyclic) bond motifs is 5. The van der Waals surface area contributed by atoms with Gasteiger partial charge in [-0.05, 0) is 38.2 Å². The van der Waals surface area contributed by atoms with Gasteiger partial charge in [-0.3, -0.25) is 9.59 Å². The molecule has 29 heavy (non-hydrogen) atoms. The molecule has 8 heteroatoms. The number of cyclic esters (lactones) is 1. The Kier molecular flexibility index (Phi) is 2.50. The minimum absolute atomic E-state index is 0.0374. The predicted octanol–water partition coefficient (Wildman–Crippen LogP) is 1.43. The summed E-state index contributed by atoms with van der Waals surface area (Å²) in [5.74, 6) is -2.26. The fraction of sp³-hybridized carbons (Fsp3) is 0.238. The summed E-state index contributed by atoms with van der Waals surface area (Å²) in [5.41, 5.74) is 1.15. The van der Waals surface area contributed by atoms with E-state index in [1.54, 1.807) is 6.07 Å². The van der Waals surface area contributed by atoms with E-state index < -0.39 is 37.8 Å². The Morgan fingerprint density at radius 3 is 2.90 bits per heavy atom. The molecular formula is C21H17N3O5. The average molecular weight is 397 g/mol. The number of ether oxygens (including phenoxy) is 1. The third kappa shape index (κ3) is 2.49. The van der Waals surface area contributed by atoms with Crippen molar-refractivity contribution in [1.29, 1.82) is 0 Å². The second-order valence-corrected chi connectivity index (χ2v) is 6.93. The van der Waals surface area contributed by atoms with E-state index >= 15 is 0 Å². The average Bonchev–Trinajstić information content (AvgIpc) is 3.11. The van der Waals surface area contributed by atoms with E-state index in [1.165, 1.54) is 22.8 Å². The summed E-state index contributed by atoms with van der Waals surface area (Å²) in [5, 5.41) is 10.8. The van der Waals surface area contributed by atoms with E-state index in [-0.39, 0.29) is 35.6 Å². The van der Waals surface area contributed by atoms with Gasteiger partial charge in [0.1, 0.15) is 12.4 Å².